The number of hydrogen-bond acceptors (Lipinski definition) is 7. The maximum Gasteiger partial charge on any atom is 0.336 e. The van der Waals surface area contributed by atoms with E-state index in [0.29, 0.717) is 11.3 Å². The lowest BCUT2D eigenvalue weighted by Gasteiger charge is -2.37. The van der Waals surface area contributed by atoms with Crippen molar-refractivity contribution >= 4 is 16.7 Å². The predicted octanol–water partition coefficient (Wildman–Crippen LogP) is -0.0180. The fraction of sp³-hybridized carbons (Fsp3) is 0.400. The molecule has 8 heteroatoms. The maximum absolute atomic E-state index is 13.9. The first-order valence-electron chi connectivity index (χ1n) is 7.07. The molecule has 124 valence electrons. The number of fused-ring (bicyclic) bond motifs is 1. The van der Waals surface area contributed by atoms with Crippen LogP contribution in [0.15, 0.2) is 39.5 Å². The first kappa shape index (κ1) is 15.9. The zero-order valence-corrected chi connectivity index (χ0v) is 11.9. The lowest BCUT2D eigenvalue weighted by atomic mass is 10.00. The molecule has 3 rings (SSSR count). The van der Waals surface area contributed by atoms with Gasteiger partial charge in [-0.15, -0.1) is 0 Å². The highest BCUT2D eigenvalue weighted by Gasteiger charge is 2.44. The average molecular weight is 324 g/mol. The molecule has 4 N–H and O–H groups in total. The molecule has 0 bridgehead atoms. The van der Waals surface area contributed by atoms with E-state index in [1.807, 2.05) is 0 Å². The summed E-state index contributed by atoms with van der Waals surface area (Å²) in [5.74, 6) is 0. The van der Waals surface area contributed by atoms with Gasteiger partial charge in [-0.2, -0.15) is 0 Å². The summed E-state index contributed by atoms with van der Waals surface area (Å²) in [7, 11) is 0. The van der Waals surface area contributed by atoms with E-state index in [1.54, 1.807) is 24.3 Å². The summed E-state index contributed by atoms with van der Waals surface area (Å²) in [5, 5.41) is 31.9. The molecule has 0 amide bonds. The normalized spacial score (nSPS) is 31.2. The Bertz CT molecular complexity index is 750. The number of rotatable bonds is 3. The summed E-state index contributed by atoms with van der Waals surface area (Å²) in [4.78, 5) is 11.2. The molecule has 1 aliphatic rings. The molecule has 1 aliphatic heterocycles. The Morgan fingerprint density at radius 3 is 2.65 bits per heavy atom. The van der Waals surface area contributed by atoms with Crippen molar-refractivity contribution in [2.45, 2.75) is 30.8 Å². The van der Waals surface area contributed by atoms with Crippen molar-refractivity contribution < 1.29 is 28.9 Å². The molecule has 1 aromatic heterocycles. The van der Waals surface area contributed by atoms with Gasteiger partial charge in [0.2, 0.25) is 0 Å². The SMILES string of the molecule is O=c1ccc2ccc(NCC3OC(O)[C@@H](O)C(O)[C@@H]3[18F])cc2o1. The second-order valence-corrected chi connectivity index (χ2v) is 5.38. The molecular formula is C15H16FNO6. The summed E-state index contributed by atoms with van der Waals surface area (Å²) in [5.41, 5.74) is 0.450. The van der Waals surface area contributed by atoms with Gasteiger partial charge in [-0.1, -0.05) is 0 Å². The second kappa shape index (κ2) is 6.25. The van der Waals surface area contributed by atoms with Crippen LogP contribution in [0, 0.1) is 0 Å². The van der Waals surface area contributed by atoms with E-state index in [4.69, 9.17) is 9.15 Å². The zero-order valence-electron chi connectivity index (χ0n) is 11.9. The standard InChI is InChI=1S/C15H16FNO6/c16-12-10(23-15(21)14(20)13(12)19)6-17-8-3-1-7-2-4-11(18)22-9(7)5-8/h1-5,10,12-15,17,19-21H,6H2/t10?,12-,13?,14+,15?/m1/s1/i16-1. The molecule has 2 heterocycles. The Morgan fingerprint density at radius 1 is 1.13 bits per heavy atom. The van der Waals surface area contributed by atoms with Gasteiger partial charge in [0.15, 0.2) is 12.5 Å². The van der Waals surface area contributed by atoms with Crippen molar-refractivity contribution in [1.29, 1.82) is 0 Å². The number of alkyl halides is 1. The Morgan fingerprint density at radius 2 is 1.87 bits per heavy atom. The van der Waals surface area contributed by atoms with Gasteiger partial charge in [0.05, 0.1) is 0 Å². The molecule has 1 saturated heterocycles. The van der Waals surface area contributed by atoms with Crippen LogP contribution in [0.3, 0.4) is 0 Å². The number of aliphatic hydroxyl groups excluding tert-OH is 3. The zero-order chi connectivity index (χ0) is 16.6. The molecule has 7 nitrogen and oxygen atoms in total. The van der Waals surface area contributed by atoms with Crippen LogP contribution in [0.5, 0.6) is 0 Å². The van der Waals surface area contributed by atoms with Gasteiger partial charge in [-0.3, -0.25) is 0 Å². The molecule has 0 radical (unpaired) electrons. The van der Waals surface area contributed by atoms with Gasteiger partial charge >= 0.3 is 5.63 Å². The van der Waals surface area contributed by atoms with Gasteiger partial charge in [0, 0.05) is 29.8 Å². The molecule has 1 fully saturated rings. The van der Waals surface area contributed by atoms with E-state index < -0.39 is 36.4 Å². The lowest BCUT2D eigenvalue weighted by Crippen LogP contribution is -2.57. The number of hydrogen-bond donors (Lipinski definition) is 4. The van der Waals surface area contributed by atoms with Crippen molar-refractivity contribution in [2.75, 3.05) is 11.9 Å². The fourth-order valence-electron chi connectivity index (χ4n) is 2.46. The predicted molar refractivity (Wildman–Crippen MR) is 78.8 cm³/mol. The van der Waals surface area contributed by atoms with Crippen molar-refractivity contribution in [3.63, 3.8) is 0 Å². The minimum absolute atomic E-state index is 0.0510. The molecular weight excluding hydrogens is 308 g/mol. The van der Waals surface area contributed by atoms with Crippen LogP contribution in [-0.2, 0) is 4.74 Å². The van der Waals surface area contributed by atoms with E-state index in [1.165, 1.54) is 6.07 Å². The first-order chi connectivity index (χ1) is 11.0. The summed E-state index contributed by atoms with van der Waals surface area (Å²) in [6, 6.07) is 7.95. The third-order valence-corrected chi connectivity index (χ3v) is 3.77. The van der Waals surface area contributed by atoms with Crippen LogP contribution in [-0.4, -0.2) is 52.6 Å². The third kappa shape index (κ3) is 3.20. The Hall–Kier alpha value is -2.00. The Kier molecular flexibility index (Phi) is 4.31. The highest BCUT2D eigenvalue weighted by Crippen LogP contribution is 2.23. The number of nitrogens with one attached hydrogen (secondary N) is 1. The van der Waals surface area contributed by atoms with E-state index in [-0.39, 0.29) is 6.54 Å². The Labute approximate surface area is 129 Å². The minimum atomic E-state index is -1.85. The monoisotopic (exact) mass is 324 g/mol. The highest BCUT2D eigenvalue weighted by molar-refractivity contribution is 5.80. The smallest absolute Gasteiger partial charge is 0.336 e. The molecule has 23 heavy (non-hydrogen) atoms. The van der Waals surface area contributed by atoms with Crippen LogP contribution >= 0.6 is 0 Å². The van der Waals surface area contributed by atoms with E-state index in [0.717, 1.165) is 5.39 Å². The molecule has 3 unspecified atom stereocenters. The number of anilines is 1. The third-order valence-electron chi connectivity index (χ3n) is 3.77. The van der Waals surface area contributed by atoms with E-state index in [2.05, 4.69) is 5.32 Å². The molecule has 1 aromatic carbocycles. The molecule has 0 saturated carbocycles. The Balaban J connectivity index is 1.71. The maximum atomic E-state index is 13.9. The molecule has 0 aliphatic carbocycles. The summed E-state index contributed by atoms with van der Waals surface area (Å²) < 4.78 is 23.9. The number of benzene rings is 1. The number of ether oxygens (including phenoxy) is 1. The van der Waals surface area contributed by atoms with Crippen molar-refractivity contribution in [2.24, 2.45) is 0 Å². The first-order valence-corrected chi connectivity index (χ1v) is 7.07. The fourth-order valence-corrected chi connectivity index (χ4v) is 2.46. The number of aliphatic hydroxyl groups is 3. The lowest BCUT2D eigenvalue weighted by molar-refractivity contribution is -0.266. The molecule has 2 aromatic rings. The van der Waals surface area contributed by atoms with E-state index >= 15 is 0 Å². The molecule has 0 spiro atoms. The van der Waals surface area contributed by atoms with Crippen LogP contribution < -0.4 is 10.9 Å². The van der Waals surface area contributed by atoms with Crippen molar-refractivity contribution in [3.05, 3.63) is 40.8 Å². The van der Waals surface area contributed by atoms with E-state index in [9.17, 15) is 24.5 Å². The summed E-state index contributed by atoms with van der Waals surface area (Å²) in [6.07, 6.45) is -8.05. The number of halogens is 1. The van der Waals surface area contributed by atoms with Gasteiger partial charge in [0.25, 0.3) is 0 Å². The van der Waals surface area contributed by atoms with Gasteiger partial charge in [0.1, 0.15) is 23.9 Å². The minimum Gasteiger partial charge on any atom is -0.423 e. The topological polar surface area (TPSA) is 112 Å². The average Bonchev–Trinajstić information content (AvgIpc) is 2.54. The van der Waals surface area contributed by atoms with Gasteiger partial charge in [-0.25, -0.2) is 9.18 Å². The summed E-state index contributed by atoms with van der Waals surface area (Å²) in [6.45, 7) is -0.0510. The quantitative estimate of drug-likeness (QED) is 0.587. The van der Waals surface area contributed by atoms with Crippen molar-refractivity contribution in [3.8, 4) is 0 Å². The van der Waals surface area contributed by atoms with Crippen LogP contribution in [0.25, 0.3) is 11.0 Å². The van der Waals surface area contributed by atoms with Crippen LogP contribution in [0.2, 0.25) is 0 Å². The van der Waals surface area contributed by atoms with Crippen molar-refractivity contribution in [1.82, 2.24) is 0 Å². The van der Waals surface area contributed by atoms with Crippen LogP contribution in [0.4, 0.5) is 10.1 Å². The summed E-state index contributed by atoms with van der Waals surface area (Å²) >= 11 is 0. The van der Waals surface area contributed by atoms with Crippen LogP contribution in [0.1, 0.15) is 0 Å². The highest BCUT2D eigenvalue weighted by atomic mass is 18.2. The largest absolute Gasteiger partial charge is 0.423 e. The second-order valence-electron chi connectivity index (χ2n) is 5.38. The van der Waals surface area contributed by atoms with Gasteiger partial charge in [-0.05, 0) is 18.2 Å². The molecule has 5 atom stereocenters. The van der Waals surface area contributed by atoms with Gasteiger partial charge < -0.3 is 29.8 Å².